The quantitative estimate of drug-likeness (QED) is 0.00530. The predicted molar refractivity (Wildman–Crippen MR) is 371 cm³/mol. The molecular weight excluding hydrogens is 1240 g/mol. The van der Waals surface area contributed by atoms with E-state index in [0.29, 0.717) is 46.8 Å². The van der Waals surface area contributed by atoms with Crippen LogP contribution in [0.5, 0.6) is 0 Å². The molecule has 0 saturated heterocycles. The molecule has 0 aliphatic rings. The lowest BCUT2D eigenvalue weighted by atomic mass is 10.2. The number of nitro benzene ring substituents is 3. The van der Waals surface area contributed by atoms with Crippen LogP contribution >= 0.6 is 0 Å². The number of nitriles is 1. The molecule has 14 N–H and O–H groups in total. The zero-order valence-electron chi connectivity index (χ0n) is 52.2. The van der Waals surface area contributed by atoms with Crippen LogP contribution in [0.3, 0.4) is 0 Å². The normalized spacial score (nSPS) is 9.36. The third-order valence-electron chi connectivity index (χ3n) is 11.5. The number of guanidine groups is 1. The average molecular weight is 1320 g/mol. The molecule has 9 aromatic rings. The number of aromatic nitrogens is 7. The summed E-state index contributed by atoms with van der Waals surface area (Å²) in [7, 11) is 3.74. The molecule has 0 radical (unpaired) electrons. The number of non-ortho nitro benzene ring substituents is 3. The van der Waals surface area contributed by atoms with Gasteiger partial charge in [0.05, 0.1) is 37.5 Å². The molecule has 506 valence electrons. The number of benzene rings is 4. The number of allylic oxidation sites excluding steroid dienone is 1. The first kappa shape index (κ1) is 82.8. The summed E-state index contributed by atoms with van der Waals surface area (Å²) in [5.74, 6) is 0.760. The fraction of sp³-hybridized carbons (Fsp3) is 0.188. The Hall–Kier alpha value is -13.2. The number of carbonyl (C=O) groups is 1. The van der Waals surface area contributed by atoms with Gasteiger partial charge < -0.3 is 54.5 Å². The van der Waals surface area contributed by atoms with Gasteiger partial charge in [-0.05, 0) is 117 Å². The highest BCUT2D eigenvalue weighted by atomic mass is 16.9. The van der Waals surface area contributed by atoms with Crippen molar-refractivity contribution in [2.45, 2.75) is 62.3 Å². The molecule has 0 bridgehead atoms. The first-order valence-corrected chi connectivity index (χ1v) is 27.5. The van der Waals surface area contributed by atoms with Crippen LogP contribution in [0.4, 0.5) is 57.4 Å². The molecule has 0 atom stereocenters. The van der Waals surface area contributed by atoms with Crippen LogP contribution in [0.2, 0.25) is 0 Å². The maximum atomic E-state index is 11.4. The molecular formula is C64H79N21O11. The molecule has 32 nitrogen and oxygen atoms in total. The lowest BCUT2D eigenvalue weighted by Crippen LogP contribution is -2.22. The second-order valence-corrected chi connectivity index (χ2v) is 19.0. The number of nitrogen functional groups attached to an aromatic ring is 2. The summed E-state index contributed by atoms with van der Waals surface area (Å²) in [6.45, 7) is 9.83. The van der Waals surface area contributed by atoms with E-state index in [9.17, 15) is 35.1 Å². The summed E-state index contributed by atoms with van der Waals surface area (Å²) in [5, 5.41) is 66.6. The predicted octanol–water partition coefficient (Wildman–Crippen LogP) is 11.4. The second-order valence-electron chi connectivity index (χ2n) is 19.0. The molecule has 32 heteroatoms. The summed E-state index contributed by atoms with van der Waals surface area (Å²) in [5.41, 5.74) is 36.4. The van der Waals surface area contributed by atoms with Crippen LogP contribution in [0.15, 0.2) is 188 Å². The van der Waals surface area contributed by atoms with Gasteiger partial charge in [-0.15, -0.1) is 10.1 Å². The molecule has 5 aromatic heterocycles. The summed E-state index contributed by atoms with van der Waals surface area (Å²) in [4.78, 5) is 84.9. The van der Waals surface area contributed by atoms with E-state index in [0.717, 1.165) is 63.3 Å². The summed E-state index contributed by atoms with van der Waals surface area (Å²) in [6.07, 6.45) is 20.0. The van der Waals surface area contributed by atoms with Crippen molar-refractivity contribution in [1.82, 2.24) is 39.8 Å². The Morgan fingerprint density at radius 1 is 0.635 bits per heavy atom. The molecule has 5 heterocycles. The van der Waals surface area contributed by atoms with Gasteiger partial charge in [0.25, 0.3) is 22.1 Å². The van der Waals surface area contributed by atoms with Crippen LogP contribution in [0, 0.1) is 79.6 Å². The first-order chi connectivity index (χ1) is 44.7. The van der Waals surface area contributed by atoms with E-state index in [1.807, 2.05) is 81.4 Å². The van der Waals surface area contributed by atoms with Gasteiger partial charge in [0.15, 0.2) is 17.9 Å². The van der Waals surface area contributed by atoms with Crippen molar-refractivity contribution in [1.29, 1.82) is 5.26 Å². The Morgan fingerprint density at radius 2 is 1.06 bits per heavy atom. The van der Waals surface area contributed by atoms with Crippen LogP contribution < -0.4 is 39.3 Å². The average Bonchev–Trinajstić information content (AvgIpc) is 0.895. The van der Waals surface area contributed by atoms with E-state index < -0.39 is 19.9 Å². The zero-order chi connectivity index (χ0) is 70.1. The van der Waals surface area contributed by atoms with E-state index >= 15 is 0 Å². The minimum atomic E-state index is -1.50. The fourth-order valence-corrected chi connectivity index (χ4v) is 6.75. The van der Waals surface area contributed by atoms with Gasteiger partial charge in [-0.2, -0.15) is 5.26 Å². The number of aliphatic hydroxyl groups is 1. The maximum Gasteiger partial charge on any atom is 0.291 e. The number of aliphatic imine (C=N–C) groups is 1. The molecule has 4 aromatic carbocycles. The Kier molecular flexibility index (Phi) is 38.9. The maximum absolute atomic E-state index is 11.4. The van der Waals surface area contributed by atoms with E-state index in [-0.39, 0.29) is 43.7 Å². The number of ketones is 1. The number of carbonyl (C=O) groups excluding carboxylic acids is 1. The number of aryl methyl sites for hydroxylation is 4. The second kappa shape index (κ2) is 45.1. The molecule has 96 heavy (non-hydrogen) atoms. The van der Waals surface area contributed by atoms with E-state index in [1.54, 1.807) is 106 Å². The van der Waals surface area contributed by atoms with Crippen molar-refractivity contribution < 1.29 is 35.0 Å². The van der Waals surface area contributed by atoms with Gasteiger partial charge in [-0.3, -0.25) is 50.1 Å². The standard InChI is InChI=1S/C16H13N5O2.C16H15N5.C10H12N2O.C8H10N4O2.C7H8N2O2.C4H10O.CH2N2.2CH4.HNO3/c1-11-4-5-13(21(22)23)9-15(11)20-16-18-8-6-14(19-16)12-3-2-7-17-10-12;1-11-4-5-13(17)9-15(11)21-16-19-8-6-14(20-16)12-3-2-7-18-10-12;1-12(2)7-5-10(13)9-4-3-6-11-8-9;1-5-2-3-6(12(13)14)4-7(5)11-8(9)10;1-5-2-3-6(9(10)11)4-7(5)8;1-2-3-4-5;2-1-3;;;2-1(3)4/h2-10H,1H3,(H,18,19,20);2-10H,17H2,1H3,(H,19,20,21);3-8H,1-2H3;2-4H,1H3,(H4,9,10,11);2-4H,8H2,1H3;5H,2-4H2,1H3;2H2;2*1H4;(H,2,3,4)/b;;7-5+;;;;;;;. The Morgan fingerprint density at radius 3 is 1.46 bits per heavy atom. The highest BCUT2D eigenvalue weighted by molar-refractivity contribution is 6.04. The highest BCUT2D eigenvalue weighted by Crippen LogP contribution is 2.27. The van der Waals surface area contributed by atoms with Crippen molar-refractivity contribution in [3.63, 3.8) is 0 Å². The fourth-order valence-electron chi connectivity index (χ4n) is 6.75. The lowest BCUT2D eigenvalue weighted by Gasteiger charge is -2.09. The number of hydrogen-bond donors (Lipinski definition) is 9. The van der Waals surface area contributed by atoms with Gasteiger partial charge >= 0.3 is 0 Å². The number of nitrogens with zero attached hydrogens (tertiary/aromatic N) is 14. The molecule has 0 spiro atoms. The largest absolute Gasteiger partial charge is 0.399 e. The summed E-state index contributed by atoms with van der Waals surface area (Å²) in [6, 6.07) is 33.8. The summed E-state index contributed by atoms with van der Waals surface area (Å²) < 4.78 is 0. The van der Waals surface area contributed by atoms with Gasteiger partial charge in [-0.1, -0.05) is 52.5 Å². The minimum absolute atomic E-state index is 0. The Balaban J connectivity index is 0.00000114. The lowest BCUT2D eigenvalue weighted by molar-refractivity contribution is -0.742. The molecule has 0 fully saturated rings. The topological polar surface area (TPSA) is 514 Å². The van der Waals surface area contributed by atoms with Crippen LogP contribution in [-0.4, -0.2) is 102 Å². The van der Waals surface area contributed by atoms with Crippen LogP contribution in [0.25, 0.3) is 22.5 Å². The monoisotopic (exact) mass is 1320 g/mol. The minimum Gasteiger partial charge on any atom is -0.399 e. The molecule has 0 unspecified atom stereocenters. The Bertz CT molecular complexity index is 3970. The number of pyridine rings is 3. The van der Waals surface area contributed by atoms with Crippen molar-refractivity contribution in [2.75, 3.05) is 42.8 Å². The number of nitro groups is 3. The number of aliphatic hydroxyl groups excluding tert-OH is 1. The van der Waals surface area contributed by atoms with E-state index in [2.05, 4.69) is 63.2 Å². The molecule has 0 aliphatic heterocycles. The number of nitrogens with two attached hydrogens (primary N) is 5. The van der Waals surface area contributed by atoms with Gasteiger partial charge in [-0.25, -0.2) is 24.9 Å². The van der Waals surface area contributed by atoms with Crippen molar-refractivity contribution >= 4 is 69.1 Å². The van der Waals surface area contributed by atoms with Crippen molar-refractivity contribution in [3.05, 3.63) is 251 Å². The number of unbranched alkanes of at least 4 members (excludes halogenated alkanes) is 1. The Labute approximate surface area is 554 Å². The third-order valence-corrected chi connectivity index (χ3v) is 11.5. The number of nitrogens with one attached hydrogen (secondary N) is 2. The molecule has 9 rings (SSSR count). The first-order valence-electron chi connectivity index (χ1n) is 27.5. The van der Waals surface area contributed by atoms with Crippen molar-refractivity contribution in [3.8, 4) is 28.7 Å². The van der Waals surface area contributed by atoms with Gasteiger partial charge in [0.1, 0.15) is 0 Å². The smallest absolute Gasteiger partial charge is 0.291 e. The highest BCUT2D eigenvalue weighted by Gasteiger charge is 2.12. The molecule has 0 aliphatic carbocycles. The van der Waals surface area contributed by atoms with E-state index in [1.165, 1.54) is 48.7 Å². The van der Waals surface area contributed by atoms with Crippen LogP contribution in [0.1, 0.15) is 67.2 Å². The van der Waals surface area contributed by atoms with Crippen LogP contribution in [-0.2, 0) is 0 Å². The molecule has 0 saturated carbocycles. The number of hydrogen-bond acceptors (Lipinski definition) is 25. The van der Waals surface area contributed by atoms with Gasteiger partial charge in [0, 0.05) is 153 Å². The van der Waals surface area contributed by atoms with Gasteiger partial charge in [0.2, 0.25) is 11.9 Å². The SMILES string of the molecule is C.C.CCCCO.CN(C)/C=C/C(=O)c1cccnc1.Cc1ccc(N)cc1Nc1nccc(-c2cccnc2)n1.Cc1ccc([N+](=O)[O-])cc1N.Cc1ccc([N+](=O)[O-])cc1N=C(N)N.Cc1ccc([N+](=O)[O-])cc1Nc1nccc(-c2cccnc2)n1.N#CN.O=[N+]([O-])O. The molecule has 0 amide bonds. The number of anilines is 6. The number of rotatable bonds is 15. The third kappa shape index (κ3) is 32.5. The van der Waals surface area contributed by atoms with E-state index in [4.69, 9.17) is 48.6 Å². The van der Waals surface area contributed by atoms with Crippen molar-refractivity contribution in [2.24, 2.45) is 22.2 Å². The zero-order valence-corrected chi connectivity index (χ0v) is 52.2. The summed E-state index contributed by atoms with van der Waals surface area (Å²) >= 11 is 0.